The number of anilines is 1. The van der Waals surface area contributed by atoms with E-state index < -0.39 is 40.5 Å². The molecule has 0 saturated carbocycles. The van der Waals surface area contributed by atoms with Gasteiger partial charge in [0.15, 0.2) is 28.1 Å². The summed E-state index contributed by atoms with van der Waals surface area (Å²) < 4.78 is 67.0. The summed E-state index contributed by atoms with van der Waals surface area (Å²) in [5.74, 6) is -9.92. The van der Waals surface area contributed by atoms with Gasteiger partial charge >= 0.3 is 0 Å². The Hall–Kier alpha value is -3.51. The average Bonchev–Trinajstić information content (AvgIpc) is 3.22. The number of fused-ring (bicyclic) bond motifs is 1. The van der Waals surface area contributed by atoms with Gasteiger partial charge in [-0.25, -0.2) is 13.8 Å². The predicted octanol–water partition coefficient (Wildman–Crippen LogP) is 5.95. The van der Waals surface area contributed by atoms with Crippen molar-refractivity contribution in [1.82, 2.24) is 10.3 Å². The first-order valence-corrected chi connectivity index (χ1v) is 10.6. The Labute approximate surface area is 203 Å². The van der Waals surface area contributed by atoms with Crippen molar-refractivity contribution in [3.63, 3.8) is 0 Å². The fourth-order valence-electron chi connectivity index (χ4n) is 3.04. The largest absolute Gasteiger partial charge is 0.491 e. The Balaban J connectivity index is 1.52. The van der Waals surface area contributed by atoms with Crippen LogP contribution in [0.4, 0.5) is 23.2 Å². The van der Waals surface area contributed by atoms with E-state index in [-0.39, 0.29) is 5.11 Å². The third-order valence-corrected chi connectivity index (χ3v) is 5.35. The molecule has 6 nitrogen and oxygen atoms in total. The number of hydrogen-bond acceptors (Lipinski definition) is 5. The van der Waals surface area contributed by atoms with Crippen LogP contribution in [-0.2, 0) is 0 Å². The van der Waals surface area contributed by atoms with Gasteiger partial charge in [-0.3, -0.25) is 10.1 Å². The maximum atomic E-state index is 14.1. The van der Waals surface area contributed by atoms with E-state index in [1.807, 2.05) is 29.6 Å². The second-order valence-electron chi connectivity index (χ2n) is 6.78. The molecule has 0 aliphatic heterocycles. The van der Waals surface area contributed by atoms with Crippen LogP contribution in [0.5, 0.6) is 5.75 Å². The number of benzene rings is 3. The van der Waals surface area contributed by atoms with Crippen molar-refractivity contribution < 1.29 is 31.5 Å². The zero-order valence-corrected chi connectivity index (χ0v) is 19.4. The molecule has 0 saturated heterocycles. The monoisotopic (exact) mass is 553 g/mol. The van der Waals surface area contributed by atoms with Crippen molar-refractivity contribution in [2.75, 3.05) is 12.4 Å². The van der Waals surface area contributed by atoms with Crippen LogP contribution in [0.15, 0.2) is 51.4 Å². The molecule has 0 aliphatic carbocycles. The lowest BCUT2D eigenvalue weighted by molar-refractivity contribution is 0.0966. The summed E-state index contributed by atoms with van der Waals surface area (Å²) >= 11 is 8.33. The van der Waals surface area contributed by atoms with Crippen molar-refractivity contribution in [2.45, 2.75) is 0 Å². The summed E-state index contributed by atoms with van der Waals surface area (Å²) in [6, 6.07) is 12.0. The highest BCUT2D eigenvalue weighted by molar-refractivity contribution is 9.10. The molecule has 0 radical (unpaired) electrons. The van der Waals surface area contributed by atoms with E-state index in [1.54, 1.807) is 18.2 Å². The van der Waals surface area contributed by atoms with E-state index in [9.17, 15) is 22.4 Å². The van der Waals surface area contributed by atoms with E-state index in [4.69, 9.17) is 16.6 Å². The zero-order chi connectivity index (χ0) is 24.6. The molecule has 174 valence electrons. The zero-order valence-electron chi connectivity index (χ0n) is 17.0. The Morgan fingerprint density at radius 3 is 2.29 bits per heavy atom. The van der Waals surface area contributed by atoms with Crippen LogP contribution in [0, 0.1) is 23.3 Å². The van der Waals surface area contributed by atoms with Gasteiger partial charge in [0.1, 0.15) is 11.1 Å². The summed E-state index contributed by atoms with van der Waals surface area (Å²) in [6.07, 6.45) is 0. The van der Waals surface area contributed by atoms with Gasteiger partial charge in [-0.05, 0) is 54.7 Å². The van der Waals surface area contributed by atoms with Gasteiger partial charge in [-0.2, -0.15) is 8.78 Å². The summed E-state index contributed by atoms with van der Waals surface area (Å²) in [7, 11) is 0.826. The summed E-state index contributed by atoms with van der Waals surface area (Å²) in [5.41, 5.74) is 0.576. The second-order valence-corrected chi connectivity index (χ2v) is 8.10. The number of rotatable bonds is 4. The number of nitrogens with one attached hydrogen (secondary N) is 2. The van der Waals surface area contributed by atoms with Gasteiger partial charge in [0, 0.05) is 15.7 Å². The van der Waals surface area contributed by atoms with Gasteiger partial charge in [-0.1, -0.05) is 15.9 Å². The van der Waals surface area contributed by atoms with E-state index >= 15 is 0 Å². The molecule has 1 heterocycles. The van der Waals surface area contributed by atoms with Gasteiger partial charge in [0.25, 0.3) is 5.91 Å². The molecule has 0 unspecified atom stereocenters. The normalized spacial score (nSPS) is 10.9. The first-order chi connectivity index (χ1) is 16.2. The second kappa shape index (κ2) is 9.39. The van der Waals surface area contributed by atoms with E-state index in [0.717, 1.165) is 17.1 Å². The molecular weight excluding hydrogens is 542 g/mol. The molecule has 12 heteroatoms. The molecule has 0 bridgehead atoms. The number of ether oxygens (including phenoxy) is 1. The third kappa shape index (κ3) is 4.46. The number of thiocarbonyl (C=S) groups is 1. The Kier molecular flexibility index (Phi) is 6.53. The standard InChI is InChI=1S/C22H12BrF4N3O3S/c1-32-19-17(26)15(24)14(16(25)18(19)27)20(31)30-22(34)28-11-6-7-13-12(8-11)29-21(33-13)9-2-4-10(23)5-3-9/h2-8H,1H3,(H2,28,30,31,34). The molecule has 4 rings (SSSR count). The number of carbonyl (C=O) groups excluding carboxylic acids is 1. The molecule has 2 N–H and O–H groups in total. The topological polar surface area (TPSA) is 76.4 Å². The van der Waals surface area contributed by atoms with Crippen LogP contribution in [0.2, 0.25) is 0 Å². The number of methoxy groups -OCH3 is 1. The quantitative estimate of drug-likeness (QED) is 0.185. The van der Waals surface area contributed by atoms with Crippen LogP contribution >= 0.6 is 28.1 Å². The first-order valence-electron chi connectivity index (χ1n) is 9.38. The fourth-order valence-corrected chi connectivity index (χ4v) is 3.51. The van der Waals surface area contributed by atoms with Crippen molar-refractivity contribution in [2.24, 2.45) is 0 Å². The molecule has 3 aromatic carbocycles. The van der Waals surface area contributed by atoms with Gasteiger partial charge in [0.2, 0.25) is 17.5 Å². The predicted molar refractivity (Wildman–Crippen MR) is 124 cm³/mol. The van der Waals surface area contributed by atoms with Crippen LogP contribution in [0.3, 0.4) is 0 Å². The molecule has 0 spiro atoms. The molecule has 0 aliphatic rings. The average molecular weight is 554 g/mol. The van der Waals surface area contributed by atoms with Crippen LogP contribution < -0.4 is 15.4 Å². The molecule has 0 atom stereocenters. The van der Waals surface area contributed by atoms with Crippen LogP contribution in [0.25, 0.3) is 22.6 Å². The van der Waals surface area contributed by atoms with Crippen molar-refractivity contribution >= 4 is 56.0 Å². The minimum atomic E-state index is -1.92. The minimum absolute atomic E-state index is 0.362. The van der Waals surface area contributed by atoms with E-state index in [1.165, 1.54) is 0 Å². The Bertz CT molecular complexity index is 1410. The summed E-state index contributed by atoms with van der Waals surface area (Å²) in [6.45, 7) is 0. The van der Waals surface area contributed by atoms with E-state index in [2.05, 4.69) is 31.0 Å². The minimum Gasteiger partial charge on any atom is -0.491 e. The molecule has 1 aromatic heterocycles. The van der Waals surface area contributed by atoms with Gasteiger partial charge < -0.3 is 14.5 Å². The number of carbonyl (C=O) groups is 1. The smallest absolute Gasteiger partial charge is 0.263 e. The molecule has 1 amide bonds. The van der Waals surface area contributed by atoms with E-state index in [0.29, 0.717) is 22.7 Å². The fraction of sp³-hybridized carbons (Fsp3) is 0.0455. The van der Waals surface area contributed by atoms with Crippen molar-refractivity contribution in [3.05, 3.63) is 75.8 Å². The maximum Gasteiger partial charge on any atom is 0.263 e. The van der Waals surface area contributed by atoms with Gasteiger partial charge in [-0.15, -0.1) is 0 Å². The molecular formula is C22H12BrF4N3O3S. The number of halogens is 5. The van der Waals surface area contributed by atoms with Gasteiger partial charge in [0.05, 0.1) is 7.11 Å². The third-order valence-electron chi connectivity index (χ3n) is 4.62. The SMILES string of the molecule is COc1c(F)c(F)c(C(=O)NC(=S)Nc2ccc3oc(-c4ccc(Br)cc4)nc3c2)c(F)c1F. The van der Waals surface area contributed by atoms with Crippen molar-refractivity contribution in [1.29, 1.82) is 0 Å². The lowest BCUT2D eigenvalue weighted by Crippen LogP contribution is -2.35. The highest BCUT2D eigenvalue weighted by Crippen LogP contribution is 2.30. The first kappa shape index (κ1) is 23.6. The Morgan fingerprint density at radius 2 is 1.68 bits per heavy atom. The van der Waals surface area contributed by atoms with Crippen LogP contribution in [0.1, 0.15) is 10.4 Å². The van der Waals surface area contributed by atoms with Crippen LogP contribution in [-0.4, -0.2) is 23.1 Å². The van der Waals surface area contributed by atoms with Crippen molar-refractivity contribution in [3.8, 4) is 17.2 Å². The Morgan fingerprint density at radius 1 is 1.03 bits per heavy atom. The number of amides is 1. The highest BCUT2D eigenvalue weighted by atomic mass is 79.9. The molecule has 34 heavy (non-hydrogen) atoms. The lowest BCUT2D eigenvalue weighted by atomic mass is 10.1. The lowest BCUT2D eigenvalue weighted by Gasteiger charge is -2.12. The number of oxazole rings is 1. The number of hydrogen-bond donors (Lipinski definition) is 2. The highest BCUT2D eigenvalue weighted by Gasteiger charge is 2.30. The molecule has 4 aromatic rings. The summed E-state index contributed by atoms with van der Waals surface area (Å²) in [5, 5.41) is 4.24. The summed E-state index contributed by atoms with van der Waals surface area (Å²) in [4.78, 5) is 16.7. The molecule has 0 fully saturated rings. The number of aromatic nitrogens is 1. The maximum absolute atomic E-state index is 14.1. The number of nitrogens with zero attached hydrogens (tertiary/aromatic N) is 1.